The maximum Gasteiger partial charge on any atom is 0.112 e. The Morgan fingerprint density at radius 2 is 0.974 bits per heavy atom. The van der Waals surface area contributed by atoms with Gasteiger partial charge in [0.15, 0.2) is 0 Å². The maximum atomic E-state index is 2.47. The van der Waals surface area contributed by atoms with Crippen LogP contribution in [0, 0.1) is 0 Å². The van der Waals surface area contributed by atoms with Gasteiger partial charge in [0.05, 0.1) is 6.66 Å². The number of hydrogen-bond acceptors (Lipinski definition) is 0. The van der Waals surface area contributed by atoms with Crippen LogP contribution >= 0.6 is 7.26 Å². The molecular formula is C36H36BrP. The second-order valence-corrected chi connectivity index (χ2v) is 13.5. The Bertz CT molecular complexity index is 1370. The standard InChI is InChI=1S/C36H36P.BrH/c1-3-4-7-14-29-21-23-30(24-22-29)31-25-27-32(28-26-31)35-19-12-13-20-36(35)37(2,33-15-8-5-9-16-33)34-17-10-6-11-18-34;/h5-6,8-13,15-28H,3-4,7,14H2,1-2H3;1H/q+1;/p-1. The third-order valence-electron chi connectivity index (χ3n) is 7.48. The molecule has 0 unspecified atom stereocenters. The highest BCUT2D eigenvalue weighted by atomic mass is 79.9. The van der Waals surface area contributed by atoms with E-state index in [0.29, 0.717) is 0 Å². The molecular weight excluding hydrogens is 543 g/mol. The normalized spacial score (nSPS) is 11.1. The van der Waals surface area contributed by atoms with Crippen LogP contribution in [0.1, 0.15) is 31.7 Å². The first-order chi connectivity index (χ1) is 18.2. The van der Waals surface area contributed by atoms with Gasteiger partial charge in [-0.1, -0.05) is 123 Å². The number of halogens is 1. The molecule has 0 aliphatic rings. The first-order valence-electron chi connectivity index (χ1n) is 13.5. The molecule has 0 radical (unpaired) electrons. The molecule has 192 valence electrons. The number of benzene rings is 5. The van der Waals surface area contributed by atoms with Crippen molar-refractivity contribution in [3.8, 4) is 22.3 Å². The summed E-state index contributed by atoms with van der Waals surface area (Å²) in [7, 11) is -1.82. The van der Waals surface area contributed by atoms with E-state index in [1.54, 1.807) is 0 Å². The van der Waals surface area contributed by atoms with Gasteiger partial charge in [0.2, 0.25) is 0 Å². The third-order valence-corrected chi connectivity index (χ3v) is 11.5. The highest BCUT2D eigenvalue weighted by Crippen LogP contribution is 2.53. The van der Waals surface area contributed by atoms with Gasteiger partial charge in [-0.25, -0.2) is 0 Å². The molecule has 0 aliphatic heterocycles. The molecule has 0 saturated carbocycles. The van der Waals surface area contributed by atoms with Crippen LogP contribution in [0.3, 0.4) is 0 Å². The summed E-state index contributed by atoms with van der Waals surface area (Å²) in [5, 5.41) is 4.24. The fourth-order valence-electron chi connectivity index (χ4n) is 5.27. The van der Waals surface area contributed by atoms with Crippen molar-refractivity contribution in [2.24, 2.45) is 0 Å². The van der Waals surface area contributed by atoms with Crippen LogP contribution < -0.4 is 32.9 Å². The van der Waals surface area contributed by atoms with Crippen LogP contribution in [0.4, 0.5) is 0 Å². The predicted octanol–water partition coefficient (Wildman–Crippen LogP) is 5.68. The molecule has 0 spiro atoms. The molecule has 5 aromatic rings. The second-order valence-electron chi connectivity index (χ2n) is 9.93. The average Bonchev–Trinajstić information content (AvgIpc) is 2.98. The summed E-state index contributed by atoms with van der Waals surface area (Å²) in [6.07, 6.45) is 5.03. The Balaban J connectivity index is 0.00000336. The number of rotatable bonds is 9. The molecule has 0 nitrogen and oxygen atoms in total. The minimum atomic E-state index is -1.82. The van der Waals surface area contributed by atoms with Crippen molar-refractivity contribution in [2.45, 2.75) is 32.6 Å². The molecule has 5 rings (SSSR count). The van der Waals surface area contributed by atoms with E-state index >= 15 is 0 Å². The molecule has 0 bridgehead atoms. The van der Waals surface area contributed by atoms with Gasteiger partial charge in [-0.2, -0.15) is 0 Å². The van der Waals surface area contributed by atoms with Crippen molar-refractivity contribution in [3.63, 3.8) is 0 Å². The molecule has 0 aromatic heterocycles. The summed E-state index contributed by atoms with van der Waals surface area (Å²) in [5.41, 5.74) is 6.58. The lowest BCUT2D eigenvalue weighted by molar-refractivity contribution is -0.00000727. The first-order valence-corrected chi connectivity index (χ1v) is 15.7. The third kappa shape index (κ3) is 6.01. The zero-order valence-electron chi connectivity index (χ0n) is 22.4. The summed E-state index contributed by atoms with van der Waals surface area (Å²) in [5.74, 6) is 0. The van der Waals surface area contributed by atoms with E-state index in [9.17, 15) is 0 Å². The van der Waals surface area contributed by atoms with Gasteiger partial charge < -0.3 is 17.0 Å². The van der Waals surface area contributed by atoms with Crippen molar-refractivity contribution < 1.29 is 17.0 Å². The topological polar surface area (TPSA) is 0 Å². The van der Waals surface area contributed by atoms with Crippen molar-refractivity contribution >= 4 is 23.2 Å². The van der Waals surface area contributed by atoms with Crippen molar-refractivity contribution in [1.29, 1.82) is 0 Å². The lowest BCUT2D eigenvalue weighted by atomic mass is 9.98. The highest BCUT2D eigenvalue weighted by molar-refractivity contribution is 7.95. The van der Waals surface area contributed by atoms with Gasteiger partial charge in [0, 0.05) is 5.56 Å². The van der Waals surface area contributed by atoms with Crippen LogP contribution in [-0.2, 0) is 6.42 Å². The van der Waals surface area contributed by atoms with E-state index in [4.69, 9.17) is 0 Å². The van der Waals surface area contributed by atoms with Gasteiger partial charge in [0.1, 0.15) is 23.2 Å². The molecule has 0 atom stereocenters. The van der Waals surface area contributed by atoms with Gasteiger partial charge in [-0.3, -0.25) is 0 Å². The molecule has 38 heavy (non-hydrogen) atoms. The van der Waals surface area contributed by atoms with E-state index in [1.165, 1.54) is 69.4 Å². The Morgan fingerprint density at radius 1 is 0.500 bits per heavy atom. The summed E-state index contributed by atoms with van der Waals surface area (Å²) in [4.78, 5) is 0. The molecule has 0 N–H and O–H groups in total. The van der Waals surface area contributed by atoms with Gasteiger partial charge >= 0.3 is 0 Å². The number of aryl methyl sites for hydroxylation is 1. The number of hydrogen-bond donors (Lipinski definition) is 0. The zero-order chi connectivity index (χ0) is 25.5. The van der Waals surface area contributed by atoms with Crippen molar-refractivity contribution in [1.82, 2.24) is 0 Å². The largest absolute Gasteiger partial charge is 1.00 e. The van der Waals surface area contributed by atoms with Crippen LogP contribution in [0.5, 0.6) is 0 Å². The molecule has 0 aliphatic carbocycles. The second kappa shape index (κ2) is 13.2. The van der Waals surface area contributed by atoms with E-state index in [2.05, 4.69) is 147 Å². The molecule has 5 aromatic carbocycles. The first kappa shape index (κ1) is 28.0. The summed E-state index contributed by atoms with van der Waals surface area (Å²) >= 11 is 0. The van der Waals surface area contributed by atoms with Crippen LogP contribution in [0.2, 0.25) is 0 Å². The quantitative estimate of drug-likeness (QED) is 0.156. The summed E-state index contributed by atoms with van der Waals surface area (Å²) < 4.78 is 0. The predicted molar refractivity (Wildman–Crippen MR) is 165 cm³/mol. The van der Waals surface area contributed by atoms with E-state index in [0.717, 1.165) is 0 Å². The number of unbranched alkanes of at least 4 members (excludes halogenated alkanes) is 2. The zero-order valence-corrected chi connectivity index (χ0v) is 24.8. The maximum absolute atomic E-state index is 2.47. The summed E-state index contributed by atoms with van der Waals surface area (Å²) in [6.45, 7) is 4.73. The monoisotopic (exact) mass is 578 g/mol. The highest BCUT2D eigenvalue weighted by Gasteiger charge is 2.41. The minimum Gasteiger partial charge on any atom is -1.00 e. The molecule has 0 heterocycles. The lowest BCUT2D eigenvalue weighted by Crippen LogP contribution is -3.00. The minimum absolute atomic E-state index is 0. The van der Waals surface area contributed by atoms with Crippen LogP contribution in [0.25, 0.3) is 22.3 Å². The van der Waals surface area contributed by atoms with Crippen molar-refractivity contribution in [2.75, 3.05) is 6.66 Å². The molecule has 0 fully saturated rings. The molecule has 2 heteroatoms. The van der Waals surface area contributed by atoms with Crippen LogP contribution in [0.15, 0.2) is 133 Å². The van der Waals surface area contributed by atoms with Gasteiger partial charge in [0.25, 0.3) is 0 Å². The van der Waals surface area contributed by atoms with E-state index in [1.807, 2.05) is 0 Å². The average molecular weight is 580 g/mol. The SMILES string of the molecule is CCCCCc1ccc(-c2ccc(-c3ccccc3[P+](C)(c3ccccc3)c3ccccc3)cc2)cc1.[Br-]. The fourth-order valence-corrected chi connectivity index (χ4v) is 8.73. The Labute approximate surface area is 239 Å². The fraction of sp³-hybridized carbons (Fsp3) is 0.167. The lowest BCUT2D eigenvalue weighted by Gasteiger charge is -2.25. The smallest absolute Gasteiger partial charge is 0.112 e. The molecule has 0 amide bonds. The Hall–Kier alpha value is -2.99. The Morgan fingerprint density at radius 3 is 1.53 bits per heavy atom. The van der Waals surface area contributed by atoms with E-state index < -0.39 is 7.26 Å². The van der Waals surface area contributed by atoms with E-state index in [-0.39, 0.29) is 17.0 Å². The Kier molecular flexibility index (Phi) is 9.73. The summed E-state index contributed by atoms with van der Waals surface area (Å²) in [6, 6.07) is 49.4. The molecule has 0 saturated heterocycles. The van der Waals surface area contributed by atoms with Gasteiger partial charge in [-0.15, -0.1) is 0 Å². The van der Waals surface area contributed by atoms with Crippen molar-refractivity contribution in [3.05, 3.63) is 139 Å². The van der Waals surface area contributed by atoms with Crippen LogP contribution in [-0.4, -0.2) is 6.66 Å². The van der Waals surface area contributed by atoms with Gasteiger partial charge in [-0.05, 0) is 65.4 Å².